The zero-order chi connectivity index (χ0) is 26.0. The quantitative estimate of drug-likeness (QED) is 0.388. The molecule has 2 heterocycles. The molecular formula is C27H29N5O3S2. The van der Waals surface area contributed by atoms with Crippen molar-refractivity contribution in [2.24, 2.45) is 0 Å². The van der Waals surface area contributed by atoms with Crippen molar-refractivity contribution < 1.29 is 13.2 Å². The van der Waals surface area contributed by atoms with E-state index in [4.69, 9.17) is 0 Å². The maximum absolute atomic E-state index is 13.8. The summed E-state index contributed by atoms with van der Waals surface area (Å²) in [6.45, 7) is 5.84. The minimum absolute atomic E-state index is 0.0299. The van der Waals surface area contributed by atoms with Crippen molar-refractivity contribution in [1.29, 1.82) is 0 Å². The Morgan fingerprint density at radius 1 is 1.05 bits per heavy atom. The van der Waals surface area contributed by atoms with Gasteiger partial charge >= 0.3 is 0 Å². The summed E-state index contributed by atoms with van der Waals surface area (Å²) < 4.78 is 38.1. The summed E-state index contributed by atoms with van der Waals surface area (Å²) in [5, 5.41) is 0. The summed E-state index contributed by atoms with van der Waals surface area (Å²) in [4.78, 5) is 17.9. The van der Waals surface area contributed by atoms with Gasteiger partial charge in [0.25, 0.3) is 0 Å². The minimum atomic E-state index is -4.04. The maximum Gasteiger partial charge on any atom is 0.243 e. The van der Waals surface area contributed by atoms with Crippen LogP contribution in [0.25, 0.3) is 11.0 Å². The van der Waals surface area contributed by atoms with Gasteiger partial charge in [-0.1, -0.05) is 48.5 Å². The molecule has 2 atom stereocenters. The number of sulfonamides is 1. The molecule has 1 aromatic heterocycles. The second kappa shape index (κ2) is 10.6. The number of anilines is 1. The van der Waals surface area contributed by atoms with Crippen LogP contribution in [0.4, 0.5) is 5.69 Å². The predicted molar refractivity (Wildman–Crippen MR) is 146 cm³/mol. The van der Waals surface area contributed by atoms with Crippen molar-refractivity contribution in [3.63, 3.8) is 0 Å². The first-order chi connectivity index (χ1) is 17.8. The molecule has 1 aliphatic heterocycles. The second-order valence-corrected chi connectivity index (χ2v) is 11.6. The molecule has 1 fully saturated rings. The molecule has 10 heteroatoms. The standard InChI is InChI=1S/C27H29N5O3S2/c1-19-8-6-11-22(16-19)32-15-14-31(18-20(32)2)27(33)24(17-21-9-4-3-5-10-21)30-37(34,35)25-13-7-12-23-26(25)29-36-28-23/h3-13,16,20,24,30H,14-15,17-18H2,1-2H3/t20-,24-/m0/s1. The SMILES string of the molecule is Cc1cccc(N2CCN(C(=O)[C@H](Cc3ccccc3)NS(=O)(=O)c3cccc4nsnc34)C[C@@H]2C)c1. The number of aromatic nitrogens is 2. The van der Waals surface area contributed by atoms with Crippen LogP contribution in [0.15, 0.2) is 77.7 Å². The summed E-state index contributed by atoms with van der Waals surface area (Å²) in [5.41, 5.74) is 4.02. The summed E-state index contributed by atoms with van der Waals surface area (Å²) in [7, 11) is -4.04. The third-order valence-corrected chi connectivity index (χ3v) is 8.73. The third kappa shape index (κ3) is 5.51. The van der Waals surface area contributed by atoms with Gasteiger partial charge in [-0.15, -0.1) is 0 Å². The van der Waals surface area contributed by atoms with Gasteiger partial charge in [-0.2, -0.15) is 13.5 Å². The Labute approximate surface area is 221 Å². The fourth-order valence-electron chi connectivity index (χ4n) is 4.85. The van der Waals surface area contributed by atoms with E-state index < -0.39 is 16.1 Å². The topological polar surface area (TPSA) is 95.5 Å². The highest BCUT2D eigenvalue weighted by Gasteiger charge is 2.34. The van der Waals surface area contributed by atoms with Crippen LogP contribution in [0.3, 0.4) is 0 Å². The maximum atomic E-state index is 13.8. The van der Waals surface area contributed by atoms with Crippen LogP contribution in [-0.4, -0.2) is 59.7 Å². The van der Waals surface area contributed by atoms with Gasteiger partial charge in [0.05, 0.1) is 11.7 Å². The molecule has 0 saturated carbocycles. The first-order valence-corrected chi connectivity index (χ1v) is 14.4. The minimum Gasteiger partial charge on any atom is -0.365 e. The van der Waals surface area contributed by atoms with Crippen molar-refractivity contribution in [2.75, 3.05) is 24.5 Å². The molecule has 5 rings (SSSR count). The Bertz CT molecular complexity index is 1510. The van der Waals surface area contributed by atoms with E-state index in [0.29, 0.717) is 30.7 Å². The predicted octanol–water partition coefficient (Wildman–Crippen LogP) is 3.63. The van der Waals surface area contributed by atoms with Crippen molar-refractivity contribution in [3.05, 3.63) is 83.9 Å². The fraction of sp³-hybridized carbons (Fsp3) is 0.296. The summed E-state index contributed by atoms with van der Waals surface area (Å²) >= 11 is 0.961. The Balaban J connectivity index is 1.39. The number of nitrogens with zero attached hydrogens (tertiary/aromatic N) is 4. The van der Waals surface area contributed by atoms with Gasteiger partial charge in [0.2, 0.25) is 15.9 Å². The Morgan fingerprint density at radius 2 is 1.84 bits per heavy atom. The highest BCUT2D eigenvalue weighted by atomic mass is 32.2. The summed E-state index contributed by atoms with van der Waals surface area (Å²) in [6.07, 6.45) is 0.247. The van der Waals surface area contributed by atoms with Gasteiger partial charge in [0.15, 0.2) is 0 Å². The Kier molecular flexibility index (Phi) is 7.23. The van der Waals surface area contributed by atoms with Crippen LogP contribution in [0.2, 0.25) is 0 Å². The molecule has 1 aliphatic rings. The molecule has 37 heavy (non-hydrogen) atoms. The average molecular weight is 536 g/mol. The Morgan fingerprint density at radius 3 is 2.59 bits per heavy atom. The molecular weight excluding hydrogens is 506 g/mol. The van der Waals surface area contributed by atoms with Gasteiger partial charge in [-0.05, 0) is 55.7 Å². The normalized spacial score (nSPS) is 17.2. The van der Waals surface area contributed by atoms with Crippen molar-refractivity contribution in [3.8, 4) is 0 Å². The van der Waals surface area contributed by atoms with E-state index in [1.807, 2.05) is 36.4 Å². The molecule has 8 nitrogen and oxygen atoms in total. The molecule has 192 valence electrons. The van der Waals surface area contributed by atoms with Crippen molar-refractivity contribution in [2.45, 2.75) is 37.2 Å². The van der Waals surface area contributed by atoms with E-state index >= 15 is 0 Å². The van der Waals surface area contributed by atoms with E-state index in [1.165, 1.54) is 11.6 Å². The van der Waals surface area contributed by atoms with E-state index in [-0.39, 0.29) is 23.3 Å². The average Bonchev–Trinajstić information content (AvgIpc) is 3.37. The third-order valence-electron chi connectivity index (χ3n) is 6.69. The number of nitrogens with one attached hydrogen (secondary N) is 1. The first-order valence-electron chi connectivity index (χ1n) is 12.2. The zero-order valence-electron chi connectivity index (χ0n) is 20.7. The largest absolute Gasteiger partial charge is 0.365 e. The molecule has 1 saturated heterocycles. The number of carbonyl (C=O) groups is 1. The lowest BCUT2D eigenvalue weighted by Crippen LogP contribution is -2.58. The summed E-state index contributed by atoms with van der Waals surface area (Å²) in [6, 6.07) is 21.8. The van der Waals surface area contributed by atoms with E-state index in [9.17, 15) is 13.2 Å². The second-order valence-electron chi connectivity index (χ2n) is 9.42. The fourth-order valence-corrected chi connectivity index (χ4v) is 6.80. The van der Waals surface area contributed by atoms with Crippen molar-refractivity contribution in [1.82, 2.24) is 18.4 Å². The molecule has 4 aromatic rings. The molecule has 0 aliphatic carbocycles. The zero-order valence-corrected chi connectivity index (χ0v) is 22.4. The first kappa shape index (κ1) is 25.3. The number of fused-ring (bicyclic) bond motifs is 1. The van der Waals surface area contributed by atoms with E-state index in [0.717, 1.165) is 23.0 Å². The number of hydrogen-bond acceptors (Lipinski definition) is 7. The van der Waals surface area contributed by atoms with Crippen LogP contribution in [0.1, 0.15) is 18.1 Å². The molecule has 1 N–H and O–H groups in total. The number of piperazine rings is 1. The van der Waals surface area contributed by atoms with E-state index in [2.05, 4.69) is 50.4 Å². The number of rotatable bonds is 7. The number of amides is 1. The highest BCUT2D eigenvalue weighted by molar-refractivity contribution is 7.89. The number of benzene rings is 3. The van der Waals surface area contributed by atoms with Gasteiger partial charge in [-0.25, -0.2) is 8.42 Å². The van der Waals surface area contributed by atoms with Crippen LogP contribution < -0.4 is 9.62 Å². The van der Waals surface area contributed by atoms with Gasteiger partial charge in [0.1, 0.15) is 22.0 Å². The molecule has 0 bridgehead atoms. The lowest BCUT2D eigenvalue weighted by Gasteiger charge is -2.42. The van der Waals surface area contributed by atoms with Crippen LogP contribution in [0.5, 0.6) is 0 Å². The van der Waals surface area contributed by atoms with Crippen molar-refractivity contribution >= 4 is 44.4 Å². The van der Waals surface area contributed by atoms with Crippen LogP contribution >= 0.6 is 11.7 Å². The lowest BCUT2D eigenvalue weighted by molar-refractivity contribution is -0.133. The number of carbonyl (C=O) groups excluding carboxylic acids is 1. The number of hydrogen-bond donors (Lipinski definition) is 1. The molecule has 0 unspecified atom stereocenters. The van der Waals surface area contributed by atoms with Gasteiger partial charge < -0.3 is 9.80 Å². The number of aryl methyl sites for hydroxylation is 1. The van der Waals surface area contributed by atoms with Crippen LogP contribution in [-0.2, 0) is 21.2 Å². The molecule has 0 radical (unpaired) electrons. The van der Waals surface area contributed by atoms with Gasteiger partial charge in [0, 0.05) is 31.4 Å². The van der Waals surface area contributed by atoms with Gasteiger partial charge in [-0.3, -0.25) is 4.79 Å². The summed E-state index contributed by atoms with van der Waals surface area (Å²) in [5.74, 6) is -0.230. The smallest absolute Gasteiger partial charge is 0.243 e. The lowest BCUT2D eigenvalue weighted by atomic mass is 10.0. The Hall–Kier alpha value is -3.34. The van der Waals surface area contributed by atoms with E-state index in [1.54, 1.807) is 17.0 Å². The molecule has 3 aromatic carbocycles. The monoisotopic (exact) mass is 535 g/mol. The highest BCUT2D eigenvalue weighted by Crippen LogP contribution is 2.24. The van der Waals surface area contributed by atoms with Crippen LogP contribution in [0, 0.1) is 6.92 Å². The molecule has 1 amide bonds. The molecule has 0 spiro atoms.